The van der Waals surface area contributed by atoms with Gasteiger partial charge in [0.1, 0.15) is 0 Å². The van der Waals surface area contributed by atoms with Gasteiger partial charge in [-0.1, -0.05) is 54.6 Å². The Morgan fingerprint density at radius 3 is 2.47 bits per heavy atom. The lowest BCUT2D eigenvalue weighted by atomic mass is 10.1. The topological polar surface area (TPSA) is 21.3 Å². The number of nitrogens with one attached hydrogen (secondary N) is 1. The van der Waals surface area contributed by atoms with E-state index < -0.39 is 0 Å². The SMILES string of the molecule is COCc1cccc(CN[C@@H](C)c2ccccc2)c1. The van der Waals surface area contributed by atoms with E-state index in [1.54, 1.807) is 7.11 Å². The molecule has 2 rings (SSSR count). The molecule has 0 aliphatic heterocycles. The van der Waals surface area contributed by atoms with Gasteiger partial charge in [0.15, 0.2) is 0 Å². The first-order valence-corrected chi connectivity index (χ1v) is 6.64. The van der Waals surface area contributed by atoms with Crippen LogP contribution in [0.4, 0.5) is 0 Å². The van der Waals surface area contributed by atoms with Crippen molar-refractivity contribution in [2.45, 2.75) is 26.1 Å². The molecule has 2 aromatic rings. The van der Waals surface area contributed by atoms with Crippen LogP contribution in [-0.4, -0.2) is 7.11 Å². The highest BCUT2D eigenvalue weighted by Crippen LogP contribution is 2.13. The van der Waals surface area contributed by atoms with Gasteiger partial charge < -0.3 is 10.1 Å². The van der Waals surface area contributed by atoms with Gasteiger partial charge in [-0.2, -0.15) is 0 Å². The van der Waals surface area contributed by atoms with E-state index in [1.807, 2.05) is 6.07 Å². The quantitative estimate of drug-likeness (QED) is 0.850. The summed E-state index contributed by atoms with van der Waals surface area (Å²) in [7, 11) is 1.72. The second-order valence-electron chi connectivity index (χ2n) is 4.77. The second-order valence-corrected chi connectivity index (χ2v) is 4.77. The summed E-state index contributed by atoms with van der Waals surface area (Å²) >= 11 is 0. The fourth-order valence-electron chi connectivity index (χ4n) is 2.13. The smallest absolute Gasteiger partial charge is 0.0713 e. The molecule has 0 saturated carbocycles. The first-order chi connectivity index (χ1) is 9.29. The van der Waals surface area contributed by atoms with Crippen molar-refractivity contribution in [1.29, 1.82) is 0 Å². The number of benzene rings is 2. The molecular weight excluding hydrogens is 234 g/mol. The number of ether oxygens (including phenoxy) is 1. The molecule has 0 spiro atoms. The van der Waals surface area contributed by atoms with Crippen LogP contribution < -0.4 is 5.32 Å². The van der Waals surface area contributed by atoms with Crippen LogP contribution in [0.1, 0.15) is 29.7 Å². The summed E-state index contributed by atoms with van der Waals surface area (Å²) in [6.07, 6.45) is 0. The molecule has 19 heavy (non-hydrogen) atoms. The normalized spacial score (nSPS) is 12.3. The van der Waals surface area contributed by atoms with Crippen molar-refractivity contribution in [1.82, 2.24) is 5.32 Å². The zero-order valence-corrected chi connectivity index (χ0v) is 11.6. The fraction of sp³-hybridized carbons (Fsp3) is 0.294. The van der Waals surface area contributed by atoms with Crippen LogP contribution in [0.5, 0.6) is 0 Å². The van der Waals surface area contributed by atoms with Gasteiger partial charge in [-0.3, -0.25) is 0 Å². The van der Waals surface area contributed by atoms with Gasteiger partial charge in [0.05, 0.1) is 6.61 Å². The van der Waals surface area contributed by atoms with Crippen LogP contribution in [0, 0.1) is 0 Å². The highest BCUT2D eigenvalue weighted by atomic mass is 16.5. The Bertz CT molecular complexity index is 496. The lowest BCUT2D eigenvalue weighted by Crippen LogP contribution is -2.18. The summed E-state index contributed by atoms with van der Waals surface area (Å²) in [5.74, 6) is 0. The average Bonchev–Trinajstić information content (AvgIpc) is 2.46. The van der Waals surface area contributed by atoms with Crippen LogP contribution in [0.25, 0.3) is 0 Å². The molecule has 0 fully saturated rings. The molecule has 0 unspecified atom stereocenters. The van der Waals surface area contributed by atoms with Gasteiger partial charge in [-0.05, 0) is 23.6 Å². The predicted molar refractivity (Wildman–Crippen MR) is 78.9 cm³/mol. The summed E-state index contributed by atoms with van der Waals surface area (Å²) in [5, 5.41) is 3.54. The van der Waals surface area contributed by atoms with Gasteiger partial charge >= 0.3 is 0 Å². The molecule has 0 aliphatic carbocycles. The molecule has 0 heterocycles. The van der Waals surface area contributed by atoms with E-state index in [4.69, 9.17) is 4.74 Å². The predicted octanol–water partition coefficient (Wildman–Crippen LogP) is 3.68. The minimum absolute atomic E-state index is 0.354. The molecule has 1 N–H and O–H groups in total. The standard InChI is InChI=1S/C17H21NO/c1-14(17-9-4-3-5-10-17)18-12-15-7-6-8-16(11-15)13-19-2/h3-11,14,18H,12-13H2,1-2H3/t14-/m0/s1. The van der Waals surface area contributed by atoms with Gasteiger partial charge in [-0.15, -0.1) is 0 Å². The summed E-state index contributed by atoms with van der Waals surface area (Å²) < 4.78 is 5.16. The van der Waals surface area contributed by atoms with E-state index in [0.717, 1.165) is 6.54 Å². The summed E-state index contributed by atoms with van der Waals surface area (Å²) in [4.78, 5) is 0. The zero-order valence-electron chi connectivity index (χ0n) is 11.6. The minimum atomic E-state index is 0.354. The number of methoxy groups -OCH3 is 1. The van der Waals surface area contributed by atoms with Crippen LogP contribution in [-0.2, 0) is 17.9 Å². The van der Waals surface area contributed by atoms with E-state index in [2.05, 4.69) is 60.8 Å². The minimum Gasteiger partial charge on any atom is -0.380 e. The van der Waals surface area contributed by atoms with Crippen LogP contribution in [0.2, 0.25) is 0 Å². The number of rotatable bonds is 6. The van der Waals surface area contributed by atoms with Gasteiger partial charge in [-0.25, -0.2) is 0 Å². The number of hydrogen-bond acceptors (Lipinski definition) is 2. The second kappa shape index (κ2) is 7.07. The molecule has 0 aromatic heterocycles. The zero-order chi connectivity index (χ0) is 13.5. The Hall–Kier alpha value is -1.64. The van der Waals surface area contributed by atoms with Crippen molar-refractivity contribution in [3.8, 4) is 0 Å². The van der Waals surface area contributed by atoms with Gasteiger partial charge in [0.2, 0.25) is 0 Å². The summed E-state index contributed by atoms with van der Waals surface area (Å²) in [5.41, 5.74) is 3.82. The highest BCUT2D eigenvalue weighted by molar-refractivity contribution is 5.23. The molecule has 0 radical (unpaired) electrons. The Kier molecular flexibility index (Phi) is 5.13. The van der Waals surface area contributed by atoms with E-state index in [-0.39, 0.29) is 0 Å². The van der Waals surface area contributed by atoms with Crippen molar-refractivity contribution < 1.29 is 4.74 Å². The van der Waals surface area contributed by atoms with Crippen molar-refractivity contribution in [3.63, 3.8) is 0 Å². The maximum atomic E-state index is 5.16. The third-order valence-corrected chi connectivity index (χ3v) is 3.21. The van der Waals surface area contributed by atoms with Crippen LogP contribution in [0.15, 0.2) is 54.6 Å². The molecule has 0 aliphatic rings. The van der Waals surface area contributed by atoms with Gasteiger partial charge in [0, 0.05) is 19.7 Å². The monoisotopic (exact) mass is 255 g/mol. The summed E-state index contributed by atoms with van der Waals surface area (Å²) in [6.45, 7) is 3.73. The molecule has 2 nitrogen and oxygen atoms in total. The van der Waals surface area contributed by atoms with E-state index in [0.29, 0.717) is 12.6 Å². The Balaban J connectivity index is 1.93. The fourth-order valence-corrected chi connectivity index (χ4v) is 2.13. The van der Waals surface area contributed by atoms with Crippen LogP contribution in [0.3, 0.4) is 0 Å². The Morgan fingerprint density at radius 1 is 1.00 bits per heavy atom. The van der Waals surface area contributed by atoms with Crippen molar-refractivity contribution in [3.05, 3.63) is 71.3 Å². The van der Waals surface area contributed by atoms with E-state index in [1.165, 1.54) is 16.7 Å². The van der Waals surface area contributed by atoms with Crippen molar-refractivity contribution in [2.75, 3.05) is 7.11 Å². The Labute approximate surface area is 115 Å². The average molecular weight is 255 g/mol. The molecule has 1 atom stereocenters. The van der Waals surface area contributed by atoms with Crippen LogP contribution >= 0.6 is 0 Å². The molecule has 2 heteroatoms. The maximum Gasteiger partial charge on any atom is 0.0713 e. The van der Waals surface area contributed by atoms with E-state index >= 15 is 0 Å². The Morgan fingerprint density at radius 2 is 1.74 bits per heavy atom. The van der Waals surface area contributed by atoms with E-state index in [9.17, 15) is 0 Å². The largest absolute Gasteiger partial charge is 0.380 e. The first kappa shape index (κ1) is 13.8. The molecule has 0 saturated heterocycles. The van der Waals surface area contributed by atoms with Crippen molar-refractivity contribution >= 4 is 0 Å². The first-order valence-electron chi connectivity index (χ1n) is 6.64. The summed E-state index contributed by atoms with van der Waals surface area (Å²) in [6, 6.07) is 19.4. The lowest BCUT2D eigenvalue weighted by molar-refractivity contribution is 0.185. The van der Waals surface area contributed by atoms with Crippen molar-refractivity contribution in [2.24, 2.45) is 0 Å². The third kappa shape index (κ3) is 4.19. The van der Waals surface area contributed by atoms with Gasteiger partial charge in [0.25, 0.3) is 0 Å². The maximum absolute atomic E-state index is 5.16. The molecule has 0 amide bonds. The molecule has 2 aromatic carbocycles. The molecule has 0 bridgehead atoms. The number of hydrogen-bond donors (Lipinski definition) is 1. The third-order valence-electron chi connectivity index (χ3n) is 3.21. The molecule has 100 valence electrons. The highest BCUT2D eigenvalue weighted by Gasteiger charge is 2.04. The lowest BCUT2D eigenvalue weighted by Gasteiger charge is -2.14. The molecular formula is C17H21NO.